The first-order valence-corrected chi connectivity index (χ1v) is 16.7. The van der Waals surface area contributed by atoms with E-state index >= 15 is 0 Å². The second-order valence-corrected chi connectivity index (χ2v) is 10.9. The average Bonchev–Trinajstić information content (AvgIpc) is 2.94. The number of aliphatic hydroxyl groups excluding tert-OH is 1. The van der Waals surface area contributed by atoms with Gasteiger partial charge in [-0.15, -0.1) is 0 Å². The van der Waals surface area contributed by atoms with E-state index in [0.717, 1.165) is 57.8 Å². The summed E-state index contributed by atoms with van der Waals surface area (Å²) >= 11 is 0. The lowest BCUT2D eigenvalue weighted by atomic mass is 10.0. The monoisotopic (exact) mass is 544 g/mol. The van der Waals surface area contributed by atoms with E-state index in [1.165, 1.54) is 89.9 Å². The highest BCUT2D eigenvalue weighted by Gasteiger charge is 2.02. The summed E-state index contributed by atoms with van der Waals surface area (Å²) in [5.74, 6) is -0.0216. The number of allylic oxidation sites excluding steroid dienone is 8. The van der Waals surface area contributed by atoms with Crippen molar-refractivity contribution in [2.24, 2.45) is 0 Å². The van der Waals surface area contributed by atoms with Crippen molar-refractivity contribution in [2.75, 3.05) is 13.2 Å². The van der Waals surface area contributed by atoms with Crippen LogP contribution in [0.25, 0.3) is 0 Å². The molecule has 0 saturated carbocycles. The van der Waals surface area contributed by atoms with Crippen LogP contribution >= 0.6 is 0 Å². The number of unbranched alkanes of at least 4 members (excludes halogenated alkanes) is 17. The van der Waals surface area contributed by atoms with Gasteiger partial charge in [-0.1, -0.05) is 139 Å². The second-order valence-electron chi connectivity index (χ2n) is 10.9. The molecule has 39 heavy (non-hydrogen) atoms. The van der Waals surface area contributed by atoms with Crippen LogP contribution in [0.5, 0.6) is 0 Å². The van der Waals surface area contributed by atoms with Crippen LogP contribution in [0.4, 0.5) is 0 Å². The standard InChI is InChI=1S/C36H64O3/c1-2-3-4-5-6-7-8-9-10-11-12-13-17-20-23-26-29-32-35-39-36(38)33-30-27-24-21-18-15-14-16-19-22-25-28-31-34-37/h6-7,9-10,12-13,20,23,37H,2-5,8,11,14-19,21-22,24-35H2,1H3. The van der Waals surface area contributed by atoms with Gasteiger partial charge in [-0.25, -0.2) is 0 Å². The molecule has 3 nitrogen and oxygen atoms in total. The minimum Gasteiger partial charge on any atom is -0.466 e. The van der Waals surface area contributed by atoms with Gasteiger partial charge in [-0.3, -0.25) is 4.79 Å². The van der Waals surface area contributed by atoms with Crippen LogP contribution < -0.4 is 0 Å². The summed E-state index contributed by atoms with van der Waals surface area (Å²) in [7, 11) is 0. The lowest BCUT2D eigenvalue weighted by molar-refractivity contribution is -0.143. The van der Waals surface area contributed by atoms with Gasteiger partial charge in [0.15, 0.2) is 0 Å². The van der Waals surface area contributed by atoms with Crippen molar-refractivity contribution in [2.45, 2.75) is 161 Å². The maximum absolute atomic E-state index is 11.9. The molecule has 0 aliphatic heterocycles. The molecule has 3 heteroatoms. The molecule has 0 saturated heterocycles. The molecule has 0 amide bonds. The summed E-state index contributed by atoms with van der Waals surface area (Å²) in [5, 5.41) is 8.77. The van der Waals surface area contributed by atoms with E-state index in [9.17, 15) is 4.79 Å². The number of aliphatic hydroxyl groups is 1. The van der Waals surface area contributed by atoms with Crippen molar-refractivity contribution in [1.29, 1.82) is 0 Å². The van der Waals surface area contributed by atoms with E-state index in [-0.39, 0.29) is 5.97 Å². The minimum atomic E-state index is -0.0216. The second kappa shape index (κ2) is 34.4. The Hall–Kier alpha value is -1.61. The van der Waals surface area contributed by atoms with Crippen molar-refractivity contribution < 1.29 is 14.6 Å². The first kappa shape index (κ1) is 37.4. The molecule has 0 bridgehead atoms. The molecule has 0 aliphatic rings. The first-order chi connectivity index (χ1) is 19.3. The molecule has 0 aromatic carbocycles. The van der Waals surface area contributed by atoms with Crippen molar-refractivity contribution in [3.8, 4) is 0 Å². The Morgan fingerprint density at radius 2 is 0.923 bits per heavy atom. The molecule has 0 heterocycles. The summed E-state index contributed by atoms with van der Waals surface area (Å²) in [5.41, 5.74) is 0. The van der Waals surface area contributed by atoms with E-state index in [1.807, 2.05) is 0 Å². The minimum absolute atomic E-state index is 0.0216. The lowest BCUT2D eigenvalue weighted by Crippen LogP contribution is -2.05. The molecule has 0 rings (SSSR count). The Balaban J connectivity index is 3.34. The predicted octanol–water partition coefficient (Wildman–Crippen LogP) is 11.1. The Kier molecular flexibility index (Phi) is 33.0. The molecular formula is C36H64O3. The highest BCUT2D eigenvalue weighted by Crippen LogP contribution is 2.13. The zero-order valence-electron chi connectivity index (χ0n) is 25.8. The normalized spacial score (nSPS) is 12.2. The van der Waals surface area contributed by atoms with Crippen LogP contribution in [0.2, 0.25) is 0 Å². The number of ether oxygens (including phenoxy) is 1. The maximum Gasteiger partial charge on any atom is 0.305 e. The molecule has 0 aromatic heterocycles. The number of esters is 1. The predicted molar refractivity (Wildman–Crippen MR) is 171 cm³/mol. The fourth-order valence-electron chi connectivity index (χ4n) is 4.51. The van der Waals surface area contributed by atoms with Gasteiger partial charge in [0.2, 0.25) is 0 Å². The number of hydrogen-bond donors (Lipinski definition) is 1. The van der Waals surface area contributed by atoms with Crippen LogP contribution in [-0.4, -0.2) is 24.3 Å². The third-order valence-electron chi connectivity index (χ3n) is 7.02. The van der Waals surface area contributed by atoms with Gasteiger partial charge in [-0.05, 0) is 64.2 Å². The molecule has 0 aliphatic carbocycles. The first-order valence-electron chi connectivity index (χ1n) is 16.7. The van der Waals surface area contributed by atoms with Crippen molar-refractivity contribution in [1.82, 2.24) is 0 Å². The van der Waals surface area contributed by atoms with E-state index in [4.69, 9.17) is 9.84 Å². The Bertz CT molecular complexity index is 602. The van der Waals surface area contributed by atoms with E-state index in [1.54, 1.807) is 0 Å². The molecule has 0 unspecified atom stereocenters. The molecule has 0 fully saturated rings. The zero-order valence-corrected chi connectivity index (χ0v) is 25.8. The van der Waals surface area contributed by atoms with Crippen molar-refractivity contribution in [3.05, 3.63) is 48.6 Å². The number of carbonyl (C=O) groups excluding carboxylic acids is 1. The van der Waals surface area contributed by atoms with Crippen LogP contribution in [0, 0.1) is 0 Å². The van der Waals surface area contributed by atoms with Crippen molar-refractivity contribution >= 4 is 5.97 Å². The molecule has 0 radical (unpaired) electrons. The van der Waals surface area contributed by atoms with Gasteiger partial charge in [0.05, 0.1) is 6.61 Å². The molecule has 226 valence electrons. The largest absolute Gasteiger partial charge is 0.466 e. The number of rotatable bonds is 30. The zero-order chi connectivity index (χ0) is 28.3. The van der Waals surface area contributed by atoms with Gasteiger partial charge in [0, 0.05) is 13.0 Å². The molecule has 0 spiro atoms. The number of hydrogen-bond acceptors (Lipinski definition) is 3. The van der Waals surface area contributed by atoms with Crippen LogP contribution in [-0.2, 0) is 9.53 Å². The summed E-state index contributed by atoms with van der Waals surface area (Å²) in [6, 6.07) is 0. The van der Waals surface area contributed by atoms with Gasteiger partial charge in [0.25, 0.3) is 0 Å². The van der Waals surface area contributed by atoms with Gasteiger partial charge >= 0.3 is 5.97 Å². The SMILES string of the molecule is CCCCCC=CCC=CCC=CCC=CCCCCOC(=O)CCCCCCCCCCCCCCCO. The smallest absolute Gasteiger partial charge is 0.305 e. The fourth-order valence-corrected chi connectivity index (χ4v) is 4.51. The Morgan fingerprint density at radius 3 is 1.38 bits per heavy atom. The number of carbonyl (C=O) groups is 1. The van der Waals surface area contributed by atoms with Crippen LogP contribution in [0.15, 0.2) is 48.6 Å². The molecule has 0 atom stereocenters. The van der Waals surface area contributed by atoms with Crippen molar-refractivity contribution in [3.63, 3.8) is 0 Å². The summed E-state index contributed by atoms with van der Waals surface area (Å²) in [6.07, 6.45) is 46.0. The molecule has 0 aromatic rings. The van der Waals surface area contributed by atoms with E-state index < -0.39 is 0 Å². The summed E-state index contributed by atoms with van der Waals surface area (Å²) in [4.78, 5) is 11.9. The molecular weight excluding hydrogens is 480 g/mol. The maximum atomic E-state index is 11.9. The Labute approximate surface area is 243 Å². The topological polar surface area (TPSA) is 46.5 Å². The lowest BCUT2D eigenvalue weighted by Gasteiger charge is -2.05. The quantitative estimate of drug-likeness (QED) is 0.0555. The van der Waals surface area contributed by atoms with Gasteiger partial charge in [-0.2, -0.15) is 0 Å². The van der Waals surface area contributed by atoms with Gasteiger partial charge < -0.3 is 9.84 Å². The summed E-state index contributed by atoms with van der Waals surface area (Å²) in [6.45, 7) is 3.15. The highest BCUT2D eigenvalue weighted by molar-refractivity contribution is 5.69. The molecule has 1 N–H and O–H groups in total. The van der Waals surface area contributed by atoms with Crippen LogP contribution in [0.3, 0.4) is 0 Å². The van der Waals surface area contributed by atoms with E-state index in [2.05, 4.69) is 55.5 Å². The Morgan fingerprint density at radius 1 is 0.513 bits per heavy atom. The fraction of sp³-hybridized carbons (Fsp3) is 0.750. The average molecular weight is 545 g/mol. The van der Waals surface area contributed by atoms with E-state index in [0.29, 0.717) is 19.6 Å². The summed E-state index contributed by atoms with van der Waals surface area (Å²) < 4.78 is 5.39. The highest BCUT2D eigenvalue weighted by atomic mass is 16.5. The van der Waals surface area contributed by atoms with Gasteiger partial charge in [0.1, 0.15) is 0 Å². The third kappa shape index (κ3) is 34.4. The van der Waals surface area contributed by atoms with Crippen LogP contribution in [0.1, 0.15) is 161 Å². The third-order valence-corrected chi connectivity index (χ3v) is 7.02.